The van der Waals surface area contributed by atoms with Crippen LogP contribution in [0.4, 0.5) is 0 Å². The molecule has 2 nitrogen and oxygen atoms in total. The number of nitrogens with zero attached hydrogens (tertiary/aromatic N) is 1. The highest BCUT2D eigenvalue weighted by Gasteiger charge is 2.10. The van der Waals surface area contributed by atoms with Crippen molar-refractivity contribution >= 4 is 45.1 Å². The summed E-state index contributed by atoms with van der Waals surface area (Å²) in [6.07, 6.45) is 0. The van der Waals surface area contributed by atoms with Crippen molar-refractivity contribution in [2.45, 2.75) is 0 Å². The fraction of sp³-hybridized carbons (Fsp3) is 0. The van der Waals surface area contributed by atoms with Gasteiger partial charge in [-0.1, -0.05) is 28.9 Å². The smallest absolute Gasteiger partial charge is 0.174 e. The molecule has 3 aromatic rings. The summed E-state index contributed by atoms with van der Waals surface area (Å²) in [6, 6.07) is 13.6. The molecular weight excluding hydrogens is 349 g/mol. The lowest BCUT2D eigenvalue weighted by molar-refractivity contribution is 0.441. The highest BCUT2D eigenvalue weighted by atomic mass is 127. The van der Waals surface area contributed by atoms with Crippen molar-refractivity contribution in [1.82, 2.24) is 5.16 Å². The summed E-state index contributed by atoms with van der Waals surface area (Å²) in [7, 11) is 0. The molecule has 0 spiro atoms. The highest BCUT2D eigenvalue weighted by Crippen LogP contribution is 2.30. The van der Waals surface area contributed by atoms with Gasteiger partial charge in [-0.25, -0.2) is 0 Å². The first-order chi connectivity index (χ1) is 8.24. The van der Waals surface area contributed by atoms with Gasteiger partial charge in [-0.3, -0.25) is 0 Å². The normalized spacial score (nSPS) is 10.9. The Kier molecular flexibility index (Phi) is 2.80. The van der Waals surface area contributed by atoms with Crippen molar-refractivity contribution in [3.8, 4) is 11.3 Å². The van der Waals surface area contributed by atoms with Gasteiger partial charge >= 0.3 is 0 Å². The van der Waals surface area contributed by atoms with Crippen LogP contribution in [-0.2, 0) is 0 Å². The summed E-state index contributed by atoms with van der Waals surface area (Å²) >= 11 is 8.25. The second-order valence-corrected chi connectivity index (χ2v) is 5.37. The molecule has 17 heavy (non-hydrogen) atoms. The molecule has 4 heteroatoms. The number of hydrogen-bond donors (Lipinski definition) is 0. The Bertz CT molecular complexity index is 693. The largest absolute Gasteiger partial charge is 0.355 e. The molecular formula is C13H7ClINO. The van der Waals surface area contributed by atoms with Gasteiger partial charge in [-0.2, -0.15) is 0 Å². The van der Waals surface area contributed by atoms with E-state index in [9.17, 15) is 0 Å². The number of hydrogen-bond acceptors (Lipinski definition) is 2. The van der Waals surface area contributed by atoms with E-state index in [4.69, 9.17) is 16.1 Å². The Morgan fingerprint density at radius 3 is 2.82 bits per heavy atom. The van der Waals surface area contributed by atoms with Gasteiger partial charge in [0.1, 0.15) is 5.52 Å². The minimum atomic E-state index is 0.692. The van der Waals surface area contributed by atoms with E-state index in [0.29, 0.717) is 5.02 Å². The third kappa shape index (κ3) is 2.05. The highest BCUT2D eigenvalue weighted by molar-refractivity contribution is 14.1. The number of aromatic nitrogens is 1. The topological polar surface area (TPSA) is 26.0 Å². The molecule has 2 aromatic carbocycles. The molecule has 84 valence electrons. The first-order valence-electron chi connectivity index (χ1n) is 5.05. The minimum absolute atomic E-state index is 0.692. The monoisotopic (exact) mass is 355 g/mol. The molecule has 0 bridgehead atoms. The van der Waals surface area contributed by atoms with Crippen molar-refractivity contribution in [3.05, 3.63) is 51.1 Å². The van der Waals surface area contributed by atoms with E-state index in [1.54, 1.807) is 0 Å². The van der Waals surface area contributed by atoms with Gasteiger partial charge in [0.2, 0.25) is 0 Å². The predicted molar refractivity (Wildman–Crippen MR) is 77.2 cm³/mol. The molecule has 0 atom stereocenters. The fourth-order valence-corrected chi connectivity index (χ4v) is 2.43. The Morgan fingerprint density at radius 2 is 2.00 bits per heavy atom. The average Bonchev–Trinajstić information content (AvgIpc) is 2.71. The van der Waals surface area contributed by atoms with Gasteiger partial charge in [0.25, 0.3) is 0 Å². The Hall–Kier alpha value is -1.07. The van der Waals surface area contributed by atoms with Crippen molar-refractivity contribution in [2.75, 3.05) is 0 Å². The van der Waals surface area contributed by atoms with Crippen LogP contribution in [0.2, 0.25) is 5.02 Å². The Labute approximate surface area is 117 Å². The van der Waals surface area contributed by atoms with Crippen molar-refractivity contribution in [2.24, 2.45) is 0 Å². The molecule has 0 aliphatic carbocycles. The van der Waals surface area contributed by atoms with Gasteiger partial charge in [0.05, 0.1) is 5.39 Å². The molecule has 0 aliphatic heterocycles. The first-order valence-corrected chi connectivity index (χ1v) is 6.50. The van der Waals surface area contributed by atoms with Gasteiger partial charge in [0.15, 0.2) is 5.76 Å². The lowest BCUT2D eigenvalue weighted by Crippen LogP contribution is -1.76. The molecule has 3 rings (SSSR count). The Morgan fingerprint density at radius 1 is 1.12 bits per heavy atom. The van der Waals surface area contributed by atoms with Crippen LogP contribution >= 0.6 is 34.2 Å². The third-order valence-electron chi connectivity index (χ3n) is 2.53. The summed E-state index contributed by atoms with van der Waals surface area (Å²) in [5.74, 6) is 0.765. The molecule has 0 radical (unpaired) electrons. The second-order valence-electron chi connectivity index (χ2n) is 3.68. The van der Waals surface area contributed by atoms with Crippen LogP contribution in [-0.4, -0.2) is 5.16 Å². The van der Waals surface area contributed by atoms with Crippen LogP contribution in [0.15, 0.2) is 47.0 Å². The molecule has 0 saturated carbocycles. The third-order valence-corrected chi connectivity index (χ3v) is 3.43. The fourth-order valence-electron chi connectivity index (χ4n) is 1.75. The molecule has 0 aliphatic rings. The minimum Gasteiger partial charge on any atom is -0.355 e. The number of benzene rings is 2. The maximum Gasteiger partial charge on any atom is 0.174 e. The van der Waals surface area contributed by atoms with E-state index in [-0.39, 0.29) is 0 Å². The van der Waals surface area contributed by atoms with Gasteiger partial charge in [0, 0.05) is 14.2 Å². The van der Waals surface area contributed by atoms with Crippen molar-refractivity contribution < 1.29 is 4.52 Å². The maximum absolute atomic E-state index is 5.98. The summed E-state index contributed by atoms with van der Waals surface area (Å²) in [4.78, 5) is 0. The van der Waals surface area contributed by atoms with E-state index in [0.717, 1.165) is 25.8 Å². The van der Waals surface area contributed by atoms with Crippen LogP contribution in [0, 0.1) is 3.57 Å². The summed E-state index contributed by atoms with van der Waals surface area (Å²) < 4.78 is 6.55. The van der Waals surface area contributed by atoms with E-state index in [1.807, 2.05) is 36.4 Å². The Balaban J connectivity index is 2.27. The standard InChI is InChI=1S/C13H7ClINO/c14-9-3-1-2-8(6-9)13-11-7-10(15)4-5-12(11)16-17-13/h1-7H. The first kappa shape index (κ1) is 11.0. The van der Waals surface area contributed by atoms with E-state index < -0.39 is 0 Å². The van der Waals surface area contributed by atoms with Crippen molar-refractivity contribution in [3.63, 3.8) is 0 Å². The van der Waals surface area contributed by atoms with Crippen LogP contribution in [0.5, 0.6) is 0 Å². The molecule has 0 fully saturated rings. The van der Waals surface area contributed by atoms with E-state index in [1.165, 1.54) is 0 Å². The zero-order chi connectivity index (χ0) is 11.8. The lowest BCUT2D eigenvalue weighted by atomic mass is 10.1. The van der Waals surface area contributed by atoms with Crippen LogP contribution in [0.25, 0.3) is 22.2 Å². The lowest BCUT2D eigenvalue weighted by Gasteiger charge is -1.97. The van der Waals surface area contributed by atoms with Crippen LogP contribution < -0.4 is 0 Å². The van der Waals surface area contributed by atoms with Crippen molar-refractivity contribution in [1.29, 1.82) is 0 Å². The summed E-state index contributed by atoms with van der Waals surface area (Å²) in [6.45, 7) is 0. The maximum atomic E-state index is 5.98. The molecule has 0 N–H and O–H groups in total. The summed E-state index contributed by atoms with van der Waals surface area (Å²) in [5.41, 5.74) is 1.81. The van der Waals surface area contributed by atoms with Crippen LogP contribution in [0.3, 0.4) is 0 Å². The quantitative estimate of drug-likeness (QED) is 0.589. The van der Waals surface area contributed by atoms with E-state index >= 15 is 0 Å². The number of halogens is 2. The van der Waals surface area contributed by atoms with Gasteiger partial charge < -0.3 is 4.52 Å². The molecule has 0 unspecified atom stereocenters. The zero-order valence-electron chi connectivity index (χ0n) is 8.65. The molecule has 1 heterocycles. The predicted octanol–water partition coefficient (Wildman–Crippen LogP) is 4.75. The number of fused-ring (bicyclic) bond motifs is 1. The second kappa shape index (κ2) is 4.31. The SMILES string of the molecule is Clc1cccc(-c2onc3ccc(I)cc23)c1. The molecule has 1 aromatic heterocycles. The number of rotatable bonds is 1. The van der Waals surface area contributed by atoms with E-state index in [2.05, 4.69) is 33.8 Å². The van der Waals surface area contributed by atoms with Gasteiger partial charge in [-0.05, 0) is 52.9 Å². The molecule has 0 amide bonds. The van der Waals surface area contributed by atoms with Crippen LogP contribution in [0.1, 0.15) is 0 Å². The molecule has 0 saturated heterocycles. The average molecular weight is 356 g/mol. The summed E-state index contributed by atoms with van der Waals surface area (Å²) in [5, 5.41) is 5.75. The zero-order valence-corrected chi connectivity index (χ0v) is 11.6. The van der Waals surface area contributed by atoms with Gasteiger partial charge in [-0.15, -0.1) is 0 Å².